The summed E-state index contributed by atoms with van der Waals surface area (Å²) in [6.45, 7) is 3.38. The van der Waals surface area contributed by atoms with E-state index in [-0.39, 0.29) is 40.8 Å². The van der Waals surface area contributed by atoms with E-state index in [9.17, 15) is 25.0 Å². The monoisotopic (exact) mass is 676 g/mol. The number of non-ortho nitro benzene ring substituents is 2. The number of carbonyl (C=O) groups is 1. The maximum absolute atomic E-state index is 13.8. The zero-order chi connectivity index (χ0) is 34.7. The Balaban J connectivity index is 1.39. The molecule has 0 unspecified atom stereocenters. The number of halogens is 1. The number of aromatic nitrogens is 3. The number of anilines is 5. The van der Waals surface area contributed by atoms with E-state index in [0.717, 1.165) is 0 Å². The molecular formula is C33H25ClN10O5. The first-order valence-corrected chi connectivity index (χ1v) is 14.9. The van der Waals surface area contributed by atoms with Crippen LogP contribution in [0.25, 0.3) is 6.08 Å². The molecule has 4 aromatic carbocycles. The van der Waals surface area contributed by atoms with Crippen LogP contribution < -0.4 is 16.1 Å². The molecule has 16 heteroatoms. The van der Waals surface area contributed by atoms with Crippen molar-refractivity contribution in [3.05, 3.63) is 144 Å². The number of carbonyl (C=O) groups excluding carboxylic acids is 1. The molecule has 5 aromatic rings. The average molecular weight is 677 g/mol. The Morgan fingerprint density at radius 1 is 0.735 bits per heavy atom. The molecule has 15 nitrogen and oxygen atoms in total. The molecule has 49 heavy (non-hydrogen) atoms. The first-order valence-electron chi connectivity index (χ1n) is 14.6. The number of hydrogen-bond donors (Lipinski definition) is 3. The van der Waals surface area contributed by atoms with Crippen LogP contribution in [-0.4, -0.2) is 41.6 Å². The highest BCUT2D eigenvalue weighted by atomic mass is 35.5. The van der Waals surface area contributed by atoms with Gasteiger partial charge in [0.15, 0.2) is 5.84 Å². The molecule has 3 N–H and O–H groups in total. The number of hydrogen-bond acceptors (Lipinski definition) is 12. The van der Waals surface area contributed by atoms with Crippen LogP contribution >= 0.6 is 11.6 Å². The van der Waals surface area contributed by atoms with Crippen LogP contribution in [0.15, 0.2) is 102 Å². The van der Waals surface area contributed by atoms with E-state index in [1.54, 1.807) is 56.3 Å². The van der Waals surface area contributed by atoms with Gasteiger partial charge in [-0.3, -0.25) is 30.4 Å². The van der Waals surface area contributed by atoms with Crippen molar-refractivity contribution in [3.63, 3.8) is 0 Å². The lowest BCUT2D eigenvalue weighted by Gasteiger charge is -2.20. The van der Waals surface area contributed by atoms with Gasteiger partial charge in [-0.25, -0.2) is 4.99 Å². The molecule has 1 aliphatic heterocycles. The van der Waals surface area contributed by atoms with Crippen molar-refractivity contribution in [1.29, 1.82) is 0 Å². The number of benzene rings is 4. The van der Waals surface area contributed by atoms with Crippen LogP contribution in [0.4, 0.5) is 40.6 Å². The summed E-state index contributed by atoms with van der Waals surface area (Å²) in [6.07, 6.45) is 1.63. The van der Waals surface area contributed by atoms with Gasteiger partial charge in [0, 0.05) is 46.2 Å². The van der Waals surface area contributed by atoms with Gasteiger partial charge in [-0.2, -0.15) is 20.0 Å². The molecule has 0 saturated heterocycles. The quantitative estimate of drug-likeness (QED) is 0.0775. The minimum absolute atomic E-state index is 0.0262. The van der Waals surface area contributed by atoms with Crippen molar-refractivity contribution in [2.45, 2.75) is 13.8 Å². The molecule has 244 valence electrons. The summed E-state index contributed by atoms with van der Waals surface area (Å²) in [7, 11) is 0. The summed E-state index contributed by atoms with van der Waals surface area (Å²) in [5.41, 5.74) is 6.35. The second-order valence-corrected chi connectivity index (χ2v) is 11.1. The molecule has 0 aliphatic carbocycles. The van der Waals surface area contributed by atoms with Crippen molar-refractivity contribution in [1.82, 2.24) is 20.0 Å². The molecule has 0 spiro atoms. The molecule has 2 heterocycles. The summed E-state index contributed by atoms with van der Waals surface area (Å²) in [6, 6.07) is 24.5. The topological polar surface area (TPSA) is 194 Å². The Bertz CT molecular complexity index is 2090. The smallest absolute Gasteiger partial charge is 0.297 e. The molecule has 0 radical (unpaired) electrons. The highest BCUT2D eigenvalue weighted by Crippen LogP contribution is 2.28. The van der Waals surface area contributed by atoms with Crippen LogP contribution in [0.5, 0.6) is 0 Å². The van der Waals surface area contributed by atoms with Gasteiger partial charge in [-0.1, -0.05) is 54.1 Å². The number of nitrogens with zero attached hydrogens (tertiary/aromatic N) is 7. The highest BCUT2D eigenvalue weighted by Gasteiger charge is 2.32. The van der Waals surface area contributed by atoms with Gasteiger partial charge in [-0.05, 0) is 60.9 Å². The largest absolute Gasteiger partial charge is 0.324 e. The minimum atomic E-state index is -0.495. The van der Waals surface area contributed by atoms with Crippen molar-refractivity contribution < 1.29 is 14.6 Å². The number of amides is 1. The second-order valence-electron chi connectivity index (χ2n) is 10.7. The van der Waals surface area contributed by atoms with Crippen molar-refractivity contribution in [2.75, 3.05) is 16.1 Å². The van der Waals surface area contributed by atoms with Crippen molar-refractivity contribution >= 4 is 70.0 Å². The standard InChI is InChI=1S/C33H25ClN10O5/c1-19-16-24(43(46)47)12-14-26(19)36-31-38-32(37-27-15-13-25(44(48)49)17-20(27)2)40-33(39-31)41-42-29(22-6-4-3-5-7-22)35-28(30(42)45)18-21-8-10-23(34)11-9-21/h3-18H,1-2H3,(H3,36,37,38,39,40,41). The zero-order valence-corrected chi connectivity index (χ0v) is 26.5. The van der Waals surface area contributed by atoms with E-state index < -0.39 is 15.8 Å². The van der Waals surface area contributed by atoms with Crippen molar-refractivity contribution in [2.24, 2.45) is 4.99 Å². The third kappa shape index (κ3) is 7.31. The lowest BCUT2D eigenvalue weighted by molar-refractivity contribution is -0.385. The van der Waals surface area contributed by atoms with E-state index in [1.807, 2.05) is 18.2 Å². The number of hydrazine groups is 1. The number of aryl methyl sites for hydroxylation is 2. The highest BCUT2D eigenvalue weighted by molar-refractivity contribution is 6.30. The summed E-state index contributed by atoms with van der Waals surface area (Å²) in [5.74, 6) is -0.219. The van der Waals surface area contributed by atoms with Gasteiger partial charge in [0.25, 0.3) is 17.3 Å². The van der Waals surface area contributed by atoms with Crippen LogP contribution in [0.3, 0.4) is 0 Å². The summed E-state index contributed by atoms with van der Waals surface area (Å²) >= 11 is 6.04. The molecule has 1 amide bonds. The fourth-order valence-corrected chi connectivity index (χ4v) is 4.93. The van der Waals surface area contributed by atoms with Gasteiger partial charge < -0.3 is 10.6 Å². The Morgan fingerprint density at radius 2 is 1.27 bits per heavy atom. The van der Waals surface area contributed by atoms with E-state index in [1.165, 1.54) is 41.4 Å². The fraction of sp³-hybridized carbons (Fsp3) is 0.0606. The molecule has 0 bridgehead atoms. The van der Waals surface area contributed by atoms with Gasteiger partial charge in [0.05, 0.1) is 9.85 Å². The predicted molar refractivity (Wildman–Crippen MR) is 185 cm³/mol. The third-order valence-electron chi connectivity index (χ3n) is 7.25. The molecule has 0 fully saturated rings. The molecule has 1 aliphatic rings. The van der Waals surface area contributed by atoms with Gasteiger partial charge in [0.2, 0.25) is 17.8 Å². The SMILES string of the molecule is Cc1cc([N+](=O)[O-])ccc1Nc1nc(Nc2ccc([N+](=O)[O-])cc2C)nc(NN2C(=O)C(=Cc3ccc(Cl)cc3)N=C2c2ccccc2)n1. The number of aliphatic imine (C=N–C) groups is 1. The lowest BCUT2D eigenvalue weighted by Crippen LogP contribution is -2.38. The van der Waals surface area contributed by atoms with E-state index in [0.29, 0.717) is 38.7 Å². The molecule has 0 saturated carbocycles. The van der Waals surface area contributed by atoms with Crippen LogP contribution in [-0.2, 0) is 4.79 Å². The van der Waals surface area contributed by atoms with Gasteiger partial charge in [-0.15, -0.1) is 0 Å². The van der Waals surface area contributed by atoms with E-state index in [2.05, 4.69) is 36.0 Å². The van der Waals surface area contributed by atoms with Crippen LogP contribution in [0, 0.1) is 34.1 Å². The lowest BCUT2D eigenvalue weighted by atomic mass is 10.2. The molecule has 1 aromatic heterocycles. The minimum Gasteiger partial charge on any atom is -0.324 e. The summed E-state index contributed by atoms with van der Waals surface area (Å²) in [5, 5.41) is 30.4. The second kappa shape index (κ2) is 13.5. The summed E-state index contributed by atoms with van der Waals surface area (Å²) in [4.78, 5) is 53.4. The van der Waals surface area contributed by atoms with E-state index >= 15 is 0 Å². The van der Waals surface area contributed by atoms with Crippen molar-refractivity contribution in [3.8, 4) is 0 Å². The average Bonchev–Trinajstić information content (AvgIpc) is 3.38. The maximum atomic E-state index is 13.8. The fourth-order valence-electron chi connectivity index (χ4n) is 4.80. The number of amidine groups is 1. The maximum Gasteiger partial charge on any atom is 0.297 e. The zero-order valence-electron chi connectivity index (χ0n) is 25.8. The van der Waals surface area contributed by atoms with E-state index in [4.69, 9.17) is 11.6 Å². The number of nitro benzene ring substituents is 2. The number of rotatable bonds is 10. The third-order valence-corrected chi connectivity index (χ3v) is 7.50. The first kappa shape index (κ1) is 32.2. The normalized spacial score (nSPS) is 13.3. The molecule has 6 rings (SSSR count). The Labute approximate surface area is 283 Å². The Morgan fingerprint density at radius 3 is 1.78 bits per heavy atom. The number of nitro groups is 2. The van der Waals surface area contributed by atoms with Gasteiger partial charge in [0.1, 0.15) is 5.70 Å². The first-order chi connectivity index (χ1) is 23.5. The van der Waals surface area contributed by atoms with Crippen LogP contribution in [0.2, 0.25) is 5.02 Å². The Kier molecular flexibility index (Phi) is 8.91. The Hall–Kier alpha value is -6.74. The molecular weight excluding hydrogens is 652 g/mol. The predicted octanol–water partition coefficient (Wildman–Crippen LogP) is 7.10. The van der Waals surface area contributed by atoms with Gasteiger partial charge >= 0.3 is 0 Å². The summed E-state index contributed by atoms with van der Waals surface area (Å²) < 4.78 is 0. The molecule has 0 atom stereocenters. The number of nitrogens with one attached hydrogen (secondary N) is 3. The van der Waals surface area contributed by atoms with Crippen LogP contribution in [0.1, 0.15) is 22.3 Å².